The van der Waals surface area contributed by atoms with Gasteiger partial charge < -0.3 is 4.57 Å². The van der Waals surface area contributed by atoms with E-state index in [9.17, 15) is 4.79 Å². The number of thiophene rings is 1. The molecule has 2 heterocycles. The van der Waals surface area contributed by atoms with E-state index in [4.69, 9.17) is 0 Å². The van der Waals surface area contributed by atoms with Gasteiger partial charge in [-0.15, -0.1) is 11.3 Å². The highest BCUT2D eigenvalue weighted by Crippen LogP contribution is 2.24. The van der Waals surface area contributed by atoms with E-state index in [2.05, 4.69) is 75.9 Å². The number of amides is 1. The fourth-order valence-corrected chi connectivity index (χ4v) is 4.61. The van der Waals surface area contributed by atoms with Crippen LogP contribution in [0.2, 0.25) is 0 Å². The molecule has 0 unspecified atom stereocenters. The van der Waals surface area contributed by atoms with Gasteiger partial charge in [-0.1, -0.05) is 66.7 Å². The van der Waals surface area contributed by atoms with E-state index >= 15 is 0 Å². The molecule has 4 nitrogen and oxygen atoms in total. The second-order valence-electron chi connectivity index (χ2n) is 7.42. The Kier molecular flexibility index (Phi) is 5.33. The van der Waals surface area contributed by atoms with E-state index in [0.29, 0.717) is 6.42 Å². The second kappa shape index (κ2) is 8.58. The van der Waals surface area contributed by atoms with Crippen LogP contribution in [0.3, 0.4) is 0 Å². The molecule has 5 aromatic rings. The second-order valence-corrected chi connectivity index (χ2v) is 8.45. The zero-order valence-corrected chi connectivity index (χ0v) is 17.7. The maximum Gasteiger partial charge on any atom is 0.245 e. The number of rotatable bonds is 6. The third-order valence-electron chi connectivity index (χ3n) is 5.35. The van der Waals surface area contributed by atoms with E-state index in [1.165, 1.54) is 16.3 Å². The lowest BCUT2D eigenvalue weighted by molar-refractivity contribution is -0.120. The molecule has 0 saturated heterocycles. The Bertz CT molecular complexity index is 1380. The minimum Gasteiger partial charge on any atom is -0.342 e. The molecule has 0 spiro atoms. The summed E-state index contributed by atoms with van der Waals surface area (Å²) in [4.78, 5) is 13.1. The molecule has 31 heavy (non-hydrogen) atoms. The van der Waals surface area contributed by atoms with Crippen molar-refractivity contribution in [2.45, 2.75) is 13.0 Å². The van der Waals surface area contributed by atoms with Gasteiger partial charge in [0.25, 0.3) is 0 Å². The first-order valence-electron chi connectivity index (χ1n) is 10.2. The third-order valence-corrected chi connectivity index (χ3v) is 6.22. The maximum absolute atomic E-state index is 12.1. The van der Waals surface area contributed by atoms with Gasteiger partial charge in [-0.05, 0) is 33.8 Å². The molecule has 0 fully saturated rings. The molecule has 0 atom stereocenters. The lowest BCUT2D eigenvalue weighted by Gasteiger charge is -2.09. The van der Waals surface area contributed by atoms with Crippen LogP contribution in [0.25, 0.3) is 21.7 Å². The zero-order valence-electron chi connectivity index (χ0n) is 16.9. The molecule has 0 saturated carbocycles. The van der Waals surface area contributed by atoms with Crippen LogP contribution >= 0.6 is 11.3 Å². The van der Waals surface area contributed by atoms with Gasteiger partial charge in [0.1, 0.15) is 0 Å². The summed E-state index contributed by atoms with van der Waals surface area (Å²) in [5, 5.41) is 9.79. The molecule has 5 rings (SSSR count). The van der Waals surface area contributed by atoms with Crippen molar-refractivity contribution in [3.05, 3.63) is 106 Å². The average molecular weight is 424 g/mol. The fourth-order valence-electron chi connectivity index (χ4n) is 3.91. The predicted octanol–water partition coefficient (Wildman–Crippen LogP) is 5.60. The number of hydrazone groups is 1. The summed E-state index contributed by atoms with van der Waals surface area (Å²) >= 11 is 1.57. The minimum absolute atomic E-state index is 0.113. The highest BCUT2D eigenvalue weighted by molar-refractivity contribution is 7.10. The number of fused-ring (bicyclic) bond motifs is 2. The number of para-hydroxylation sites is 1. The Morgan fingerprint density at radius 3 is 2.61 bits per heavy atom. The van der Waals surface area contributed by atoms with Crippen LogP contribution in [0, 0.1) is 0 Å². The quantitative estimate of drug-likeness (QED) is 0.281. The van der Waals surface area contributed by atoms with Crippen LogP contribution in [0.1, 0.15) is 16.0 Å². The molecule has 1 amide bonds. The van der Waals surface area contributed by atoms with Gasteiger partial charge in [0.05, 0.1) is 12.6 Å². The Balaban J connectivity index is 1.41. The molecular weight excluding hydrogens is 402 g/mol. The molecule has 0 aliphatic rings. The summed E-state index contributed by atoms with van der Waals surface area (Å²) in [6, 6.07) is 27.1. The van der Waals surface area contributed by atoms with Gasteiger partial charge in [0.15, 0.2) is 0 Å². The molecule has 152 valence electrons. The smallest absolute Gasteiger partial charge is 0.245 e. The van der Waals surface area contributed by atoms with Crippen LogP contribution in [0.5, 0.6) is 0 Å². The Morgan fingerprint density at radius 1 is 0.935 bits per heavy atom. The lowest BCUT2D eigenvalue weighted by Crippen LogP contribution is -2.19. The highest BCUT2D eigenvalue weighted by Gasteiger charge is 2.09. The van der Waals surface area contributed by atoms with Crippen molar-refractivity contribution in [3.63, 3.8) is 0 Å². The van der Waals surface area contributed by atoms with Gasteiger partial charge in [-0.25, -0.2) is 5.43 Å². The number of nitrogens with one attached hydrogen (secondary N) is 1. The molecule has 5 heteroatoms. The predicted molar refractivity (Wildman–Crippen MR) is 129 cm³/mol. The van der Waals surface area contributed by atoms with Crippen LogP contribution in [0.15, 0.2) is 95.5 Å². The molecule has 0 bridgehead atoms. The maximum atomic E-state index is 12.1. The standard InChI is InChI=1S/C26H21N3OS/c30-26(15-22-10-6-14-31-22)28-27-16-21-18-29(25-13-4-3-12-24(21)25)17-20-9-5-8-19-7-1-2-11-23(19)20/h1-14,16,18H,15,17H2,(H,28,30)/b27-16-. The third kappa shape index (κ3) is 4.13. The van der Waals surface area contributed by atoms with Gasteiger partial charge in [0.2, 0.25) is 5.91 Å². The van der Waals surface area contributed by atoms with Gasteiger partial charge in [-0.2, -0.15) is 5.10 Å². The van der Waals surface area contributed by atoms with Crippen LogP contribution < -0.4 is 5.43 Å². The first-order valence-corrected chi connectivity index (χ1v) is 11.0. The zero-order chi connectivity index (χ0) is 21.0. The van der Waals surface area contributed by atoms with Gasteiger partial charge in [0, 0.05) is 34.1 Å². The number of hydrogen-bond acceptors (Lipinski definition) is 3. The molecule has 0 aliphatic heterocycles. The molecule has 0 radical (unpaired) electrons. The number of hydrogen-bond donors (Lipinski definition) is 1. The summed E-state index contributed by atoms with van der Waals surface area (Å²) in [6.07, 6.45) is 4.17. The van der Waals surface area contributed by atoms with Crippen LogP contribution in [-0.4, -0.2) is 16.7 Å². The largest absolute Gasteiger partial charge is 0.342 e. The number of benzene rings is 3. The van der Waals surface area contributed by atoms with Crippen molar-refractivity contribution in [3.8, 4) is 0 Å². The first-order chi connectivity index (χ1) is 15.3. The summed E-state index contributed by atoms with van der Waals surface area (Å²) in [7, 11) is 0. The lowest BCUT2D eigenvalue weighted by atomic mass is 10.0. The molecule has 2 aromatic heterocycles. The van der Waals surface area contributed by atoms with Crippen molar-refractivity contribution in [1.29, 1.82) is 0 Å². The van der Waals surface area contributed by atoms with Crippen molar-refractivity contribution in [2.24, 2.45) is 5.10 Å². The van der Waals surface area contributed by atoms with Gasteiger partial charge in [-0.3, -0.25) is 4.79 Å². The first kappa shape index (κ1) is 19.3. The molecule has 0 aliphatic carbocycles. The van der Waals surface area contributed by atoms with Crippen molar-refractivity contribution in [2.75, 3.05) is 0 Å². The Labute approximate surface area is 184 Å². The molecular formula is C26H21N3OS. The summed E-state index contributed by atoms with van der Waals surface area (Å²) in [5.41, 5.74) is 6.03. The number of nitrogens with zero attached hydrogens (tertiary/aromatic N) is 2. The topological polar surface area (TPSA) is 46.4 Å². The van der Waals surface area contributed by atoms with E-state index in [0.717, 1.165) is 27.9 Å². The van der Waals surface area contributed by atoms with Crippen molar-refractivity contribution in [1.82, 2.24) is 9.99 Å². The van der Waals surface area contributed by atoms with Crippen molar-refractivity contribution >= 4 is 45.1 Å². The number of carbonyl (C=O) groups is 1. The van der Waals surface area contributed by atoms with E-state index in [-0.39, 0.29) is 5.91 Å². The van der Waals surface area contributed by atoms with E-state index < -0.39 is 0 Å². The van der Waals surface area contributed by atoms with Crippen LogP contribution in [0.4, 0.5) is 0 Å². The summed E-state index contributed by atoms with van der Waals surface area (Å²) in [6.45, 7) is 0.764. The average Bonchev–Trinajstić information content (AvgIpc) is 3.43. The SMILES string of the molecule is O=C(Cc1cccs1)N/N=C\c1cn(Cc2cccc3ccccc23)c2ccccc12. The van der Waals surface area contributed by atoms with E-state index in [1.807, 2.05) is 29.6 Å². The summed E-state index contributed by atoms with van der Waals surface area (Å²) in [5.74, 6) is -0.113. The van der Waals surface area contributed by atoms with Crippen molar-refractivity contribution < 1.29 is 4.79 Å². The number of carbonyl (C=O) groups excluding carboxylic acids is 1. The normalized spacial score (nSPS) is 11.5. The molecule has 1 N–H and O–H groups in total. The minimum atomic E-state index is -0.113. The molecule has 3 aromatic carbocycles. The summed E-state index contributed by atoms with van der Waals surface area (Å²) < 4.78 is 2.24. The van der Waals surface area contributed by atoms with E-state index in [1.54, 1.807) is 17.6 Å². The monoisotopic (exact) mass is 423 g/mol. The van der Waals surface area contributed by atoms with Crippen LogP contribution in [-0.2, 0) is 17.8 Å². The Morgan fingerprint density at radius 2 is 1.74 bits per heavy atom. The van der Waals surface area contributed by atoms with Gasteiger partial charge >= 0.3 is 0 Å². The number of aromatic nitrogens is 1. The highest BCUT2D eigenvalue weighted by atomic mass is 32.1. The Hall–Kier alpha value is -3.70. The fraction of sp³-hybridized carbons (Fsp3) is 0.0769.